The van der Waals surface area contributed by atoms with E-state index in [1.807, 2.05) is 0 Å². The number of nitrogens with zero attached hydrogens (tertiary/aromatic N) is 1. The Morgan fingerprint density at radius 2 is 2.40 bits per heavy atom. The van der Waals surface area contributed by atoms with Gasteiger partial charge in [-0.3, -0.25) is 0 Å². The van der Waals surface area contributed by atoms with Gasteiger partial charge in [0.2, 0.25) is 0 Å². The minimum absolute atomic E-state index is 0.169. The van der Waals surface area contributed by atoms with Gasteiger partial charge in [0.15, 0.2) is 0 Å². The molecule has 1 heterocycles. The second-order valence-electron chi connectivity index (χ2n) is 2.90. The van der Waals surface area contributed by atoms with Gasteiger partial charge in [-0.25, -0.2) is 14.6 Å². The molecule has 0 aromatic carbocycles. The summed E-state index contributed by atoms with van der Waals surface area (Å²) in [6, 6.07) is -1.49. The van der Waals surface area contributed by atoms with E-state index in [9.17, 15) is 9.59 Å². The Kier molecular flexibility index (Phi) is 3.67. The van der Waals surface area contributed by atoms with Crippen molar-refractivity contribution in [2.45, 2.75) is 12.5 Å². The summed E-state index contributed by atoms with van der Waals surface area (Å²) >= 11 is 0. The van der Waals surface area contributed by atoms with Gasteiger partial charge in [0, 0.05) is 25.4 Å². The number of aromatic amines is 1. The van der Waals surface area contributed by atoms with Crippen LogP contribution < -0.4 is 10.6 Å². The van der Waals surface area contributed by atoms with Crippen LogP contribution in [0.25, 0.3) is 0 Å². The summed E-state index contributed by atoms with van der Waals surface area (Å²) in [5.41, 5.74) is 0.652. The summed E-state index contributed by atoms with van der Waals surface area (Å²) in [6.07, 6.45) is 3.14. The van der Waals surface area contributed by atoms with Crippen molar-refractivity contribution in [2.24, 2.45) is 0 Å². The second-order valence-corrected chi connectivity index (χ2v) is 2.90. The number of aliphatic carboxylic acids is 1. The monoisotopic (exact) mass is 212 g/mol. The molecule has 2 amide bonds. The number of amides is 2. The molecule has 0 aliphatic carbocycles. The molecule has 0 saturated carbocycles. The maximum absolute atomic E-state index is 10.9. The second kappa shape index (κ2) is 4.99. The Bertz CT molecular complexity index is 336. The Morgan fingerprint density at radius 1 is 1.67 bits per heavy atom. The van der Waals surface area contributed by atoms with Gasteiger partial charge in [0.25, 0.3) is 0 Å². The lowest BCUT2D eigenvalue weighted by molar-refractivity contribution is -0.139. The van der Waals surface area contributed by atoms with E-state index in [0.29, 0.717) is 5.69 Å². The number of hydrogen-bond acceptors (Lipinski definition) is 3. The van der Waals surface area contributed by atoms with Crippen molar-refractivity contribution in [3.63, 3.8) is 0 Å². The maximum atomic E-state index is 10.9. The smallest absolute Gasteiger partial charge is 0.326 e. The number of rotatable bonds is 4. The minimum atomic E-state index is -1.09. The fraction of sp³-hybridized carbons (Fsp3) is 0.375. The van der Waals surface area contributed by atoms with E-state index in [0.717, 1.165) is 0 Å². The van der Waals surface area contributed by atoms with Crippen LogP contribution in [0.4, 0.5) is 4.79 Å². The molecule has 0 aliphatic rings. The molecule has 0 spiro atoms. The van der Waals surface area contributed by atoms with Crippen molar-refractivity contribution in [1.29, 1.82) is 0 Å². The number of nitrogens with one attached hydrogen (secondary N) is 3. The van der Waals surface area contributed by atoms with E-state index in [1.54, 1.807) is 0 Å². The van der Waals surface area contributed by atoms with Crippen molar-refractivity contribution < 1.29 is 14.7 Å². The van der Waals surface area contributed by atoms with Gasteiger partial charge in [-0.2, -0.15) is 0 Å². The zero-order chi connectivity index (χ0) is 11.3. The van der Waals surface area contributed by atoms with Crippen molar-refractivity contribution in [3.8, 4) is 0 Å². The van der Waals surface area contributed by atoms with Gasteiger partial charge in [-0.05, 0) is 0 Å². The number of carboxylic acids is 1. The van der Waals surface area contributed by atoms with Gasteiger partial charge in [-0.1, -0.05) is 0 Å². The van der Waals surface area contributed by atoms with Crippen LogP contribution in [0.3, 0.4) is 0 Å². The third kappa shape index (κ3) is 3.29. The van der Waals surface area contributed by atoms with Crippen LogP contribution in [-0.4, -0.2) is 40.2 Å². The standard InChI is InChI=1S/C8H12N4O3/c1-9-8(15)12-6(7(13)14)2-5-3-10-4-11-5/h3-4,6H,2H2,1H3,(H,10,11)(H,13,14)(H2,9,12,15)/t6-/m1/s1. The molecule has 0 fully saturated rings. The van der Waals surface area contributed by atoms with Crippen LogP contribution in [0, 0.1) is 0 Å². The SMILES string of the molecule is CNC(=O)N[C@H](Cc1cnc[nH]1)C(=O)O. The molecule has 7 nitrogen and oxygen atoms in total. The minimum Gasteiger partial charge on any atom is -0.480 e. The molecule has 15 heavy (non-hydrogen) atoms. The maximum Gasteiger partial charge on any atom is 0.326 e. The Hall–Kier alpha value is -2.05. The third-order valence-electron chi connectivity index (χ3n) is 1.81. The van der Waals surface area contributed by atoms with Gasteiger partial charge in [-0.15, -0.1) is 0 Å². The summed E-state index contributed by atoms with van der Waals surface area (Å²) in [5, 5.41) is 13.4. The van der Waals surface area contributed by atoms with Crippen LogP contribution in [0.5, 0.6) is 0 Å². The van der Waals surface area contributed by atoms with Gasteiger partial charge < -0.3 is 20.7 Å². The van der Waals surface area contributed by atoms with Crippen LogP contribution in [0.1, 0.15) is 5.69 Å². The van der Waals surface area contributed by atoms with Crippen LogP contribution >= 0.6 is 0 Å². The van der Waals surface area contributed by atoms with Crippen LogP contribution in [0.15, 0.2) is 12.5 Å². The molecule has 4 N–H and O–H groups in total. The van der Waals surface area contributed by atoms with Crippen LogP contribution in [0.2, 0.25) is 0 Å². The zero-order valence-electron chi connectivity index (χ0n) is 8.15. The fourth-order valence-electron chi connectivity index (χ4n) is 1.05. The molecule has 1 aromatic rings. The van der Waals surface area contributed by atoms with Crippen molar-refractivity contribution in [1.82, 2.24) is 20.6 Å². The molecular formula is C8H12N4O3. The highest BCUT2D eigenvalue weighted by molar-refractivity contribution is 5.82. The third-order valence-corrected chi connectivity index (χ3v) is 1.81. The summed E-state index contributed by atoms with van der Waals surface area (Å²) in [6.45, 7) is 0. The van der Waals surface area contributed by atoms with E-state index in [-0.39, 0.29) is 6.42 Å². The number of urea groups is 1. The van der Waals surface area contributed by atoms with Gasteiger partial charge >= 0.3 is 12.0 Å². The van der Waals surface area contributed by atoms with E-state index >= 15 is 0 Å². The number of imidazole rings is 1. The first-order valence-corrected chi connectivity index (χ1v) is 4.31. The number of carboxylic acid groups (broad SMARTS) is 1. The van der Waals surface area contributed by atoms with E-state index in [1.165, 1.54) is 19.6 Å². The Balaban J connectivity index is 2.59. The molecule has 1 rings (SSSR count). The Labute approximate surface area is 85.9 Å². The molecule has 82 valence electrons. The quantitative estimate of drug-likeness (QED) is 0.531. The van der Waals surface area contributed by atoms with E-state index < -0.39 is 18.0 Å². The molecule has 1 atom stereocenters. The Morgan fingerprint density at radius 3 is 2.87 bits per heavy atom. The zero-order valence-corrected chi connectivity index (χ0v) is 8.15. The number of aromatic nitrogens is 2. The van der Waals surface area contributed by atoms with Crippen molar-refractivity contribution in [3.05, 3.63) is 18.2 Å². The molecule has 0 aliphatic heterocycles. The summed E-state index contributed by atoms with van der Waals surface area (Å²) in [4.78, 5) is 28.3. The topological polar surface area (TPSA) is 107 Å². The molecule has 0 unspecified atom stereocenters. The highest BCUT2D eigenvalue weighted by Gasteiger charge is 2.20. The largest absolute Gasteiger partial charge is 0.480 e. The first-order chi connectivity index (χ1) is 7.13. The fourth-order valence-corrected chi connectivity index (χ4v) is 1.05. The molecule has 7 heteroatoms. The number of carbonyl (C=O) groups is 2. The number of H-pyrrole nitrogens is 1. The number of carbonyl (C=O) groups excluding carboxylic acids is 1. The lowest BCUT2D eigenvalue weighted by atomic mass is 10.2. The average Bonchev–Trinajstić information content (AvgIpc) is 2.69. The highest BCUT2D eigenvalue weighted by Crippen LogP contribution is 1.98. The first kappa shape index (κ1) is 11.0. The summed E-state index contributed by atoms with van der Waals surface area (Å²) in [7, 11) is 1.42. The average molecular weight is 212 g/mol. The highest BCUT2D eigenvalue weighted by atomic mass is 16.4. The normalized spacial score (nSPS) is 11.8. The predicted octanol–water partition coefficient (Wildman–Crippen LogP) is -0.666. The van der Waals surface area contributed by atoms with Crippen molar-refractivity contribution in [2.75, 3.05) is 7.05 Å². The van der Waals surface area contributed by atoms with E-state index in [2.05, 4.69) is 20.6 Å². The lowest BCUT2D eigenvalue weighted by Crippen LogP contribution is -2.46. The van der Waals surface area contributed by atoms with Gasteiger partial charge in [0.05, 0.1) is 6.33 Å². The number of hydrogen-bond donors (Lipinski definition) is 4. The first-order valence-electron chi connectivity index (χ1n) is 4.31. The summed E-state index contributed by atoms with van der Waals surface area (Å²) < 4.78 is 0. The van der Waals surface area contributed by atoms with Crippen molar-refractivity contribution >= 4 is 12.0 Å². The van der Waals surface area contributed by atoms with Crippen LogP contribution in [-0.2, 0) is 11.2 Å². The van der Waals surface area contributed by atoms with Gasteiger partial charge in [0.1, 0.15) is 6.04 Å². The summed E-state index contributed by atoms with van der Waals surface area (Å²) in [5.74, 6) is -1.09. The molecule has 1 aromatic heterocycles. The molecule has 0 radical (unpaired) electrons. The lowest BCUT2D eigenvalue weighted by Gasteiger charge is -2.12. The molecule has 0 bridgehead atoms. The van der Waals surface area contributed by atoms with E-state index in [4.69, 9.17) is 5.11 Å². The molecule has 0 saturated heterocycles. The predicted molar refractivity (Wildman–Crippen MR) is 51.3 cm³/mol. The molecular weight excluding hydrogens is 200 g/mol.